The van der Waals surface area contributed by atoms with Crippen LogP contribution < -0.4 is 10.4 Å². The second kappa shape index (κ2) is 4.41. The lowest BCUT2D eigenvalue weighted by Crippen LogP contribution is -2.25. The molecule has 1 aromatic heterocycles. The van der Waals surface area contributed by atoms with Crippen LogP contribution in [-0.4, -0.2) is 9.71 Å². The molecule has 4 heteroatoms. The molecule has 0 unspecified atom stereocenters. The molecule has 0 aliphatic carbocycles. The van der Waals surface area contributed by atoms with Crippen LogP contribution >= 0.6 is 0 Å². The Balaban J connectivity index is 2.06. The van der Waals surface area contributed by atoms with E-state index in [4.69, 9.17) is 4.84 Å². The molecule has 0 aliphatic heterocycles. The molecular weight excluding hydrogens is 192 g/mol. The first-order valence-electron chi connectivity index (χ1n) is 4.56. The smallest absolute Gasteiger partial charge is 0.285 e. The van der Waals surface area contributed by atoms with Gasteiger partial charge in [-0.05, 0) is 5.56 Å². The van der Waals surface area contributed by atoms with Crippen molar-refractivity contribution in [1.29, 1.82) is 0 Å². The SMILES string of the molecule is O=c1ccncn1OCc1ccccc1. The van der Waals surface area contributed by atoms with Gasteiger partial charge in [0.15, 0.2) is 0 Å². The predicted octanol–water partition coefficient (Wildman–Crippen LogP) is 0.872. The molecule has 0 saturated heterocycles. The van der Waals surface area contributed by atoms with E-state index >= 15 is 0 Å². The van der Waals surface area contributed by atoms with Crippen molar-refractivity contribution >= 4 is 0 Å². The molecule has 0 saturated carbocycles. The minimum absolute atomic E-state index is 0.221. The number of nitrogens with zero attached hydrogens (tertiary/aromatic N) is 2. The lowest BCUT2D eigenvalue weighted by molar-refractivity contribution is 0.0866. The molecule has 15 heavy (non-hydrogen) atoms. The van der Waals surface area contributed by atoms with Gasteiger partial charge in [-0.15, -0.1) is 4.73 Å². The average Bonchev–Trinajstić information content (AvgIpc) is 2.29. The van der Waals surface area contributed by atoms with Gasteiger partial charge in [-0.1, -0.05) is 30.3 Å². The summed E-state index contributed by atoms with van der Waals surface area (Å²) in [5, 5.41) is 0. The standard InChI is InChI=1S/C11H10N2O2/c14-11-6-7-12-9-13(11)15-8-10-4-2-1-3-5-10/h1-7,9H,8H2. The highest BCUT2D eigenvalue weighted by molar-refractivity contribution is 5.13. The molecule has 0 spiro atoms. The summed E-state index contributed by atoms with van der Waals surface area (Å²) in [5.41, 5.74) is 0.786. The van der Waals surface area contributed by atoms with E-state index < -0.39 is 0 Å². The highest BCUT2D eigenvalue weighted by Gasteiger charge is 1.95. The van der Waals surface area contributed by atoms with Gasteiger partial charge >= 0.3 is 0 Å². The molecule has 0 amide bonds. The van der Waals surface area contributed by atoms with Crippen LogP contribution in [0.15, 0.2) is 53.7 Å². The van der Waals surface area contributed by atoms with Crippen molar-refractivity contribution in [2.45, 2.75) is 6.61 Å². The number of aromatic nitrogens is 2. The maximum atomic E-state index is 11.2. The molecule has 2 rings (SSSR count). The highest BCUT2D eigenvalue weighted by Crippen LogP contribution is 1.97. The van der Waals surface area contributed by atoms with Gasteiger partial charge in [-0.2, -0.15) is 0 Å². The van der Waals surface area contributed by atoms with E-state index in [1.54, 1.807) is 0 Å². The maximum absolute atomic E-state index is 11.2. The summed E-state index contributed by atoms with van der Waals surface area (Å²) in [4.78, 5) is 20.3. The summed E-state index contributed by atoms with van der Waals surface area (Å²) in [6.07, 6.45) is 2.79. The Morgan fingerprint density at radius 1 is 1.20 bits per heavy atom. The first-order chi connectivity index (χ1) is 7.36. The van der Waals surface area contributed by atoms with Crippen molar-refractivity contribution in [2.24, 2.45) is 0 Å². The minimum Gasteiger partial charge on any atom is -0.405 e. The van der Waals surface area contributed by atoms with Crippen molar-refractivity contribution in [2.75, 3.05) is 0 Å². The van der Waals surface area contributed by atoms with Crippen LogP contribution in [0.25, 0.3) is 0 Å². The van der Waals surface area contributed by atoms with E-state index in [0.717, 1.165) is 10.3 Å². The maximum Gasteiger partial charge on any atom is 0.285 e. The zero-order valence-corrected chi connectivity index (χ0v) is 8.04. The summed E-state index contributed by atoms with van der Waals surface area (Å²) in [6.45, 7) is 0.354. The third-order valence-corrected chi connectivity index (χ3v) is 1.91. The largest absolute Gasteiger partial charge is 0.405 e. The van der Waals surface area contributed by atoms with Gasteiger partial charge in [-0.3, -0.25) is 4.79 Å². The Morgan fingerprint density at radius 2 is 2.00 bits per heavy atom. The summed E-state index contributed by atoms with van der Waals surface area (Å²) in [6, 6.07) is 11.0. The van der Waals surface area contributed by atoms with Crippen LogP contribution in [-0.2, 0) is 6.61 Å². The number of hydrogen-bond donors (Lipinski definition) is 0. The molecule has 0 radical (unpaired) electrons. The van der Waals surface area contributed by atoms with Crippen LogP contribution in [0.4, 0.5) is 0 Å². The van der Waals surface area contributed by atoms with Crippen molar-refractivity contribution in [3.05, 3.63) is 64.8 Å². The minimum atomic E-state index is -0.221. The molecule has 1 heterocycles. The van der Waals surface area contributed by atoms with E-state index in [0.29, 0.717) is 6.61 Å². The van der Waals surface area contributed by atoms with E-state index in [2.05, 4.69) is 4.98 Å². The fourth-order valence-electron chi connectivity index (χ4n) is 1.15. The first-order valence-corrected chi connectivity index (χ1v) is 4.56. The summed E-state index contributed by atoms with van der Waals surface area (Å²) in [7, 11) is 0. The molecule has 0 aliphatic rings. The topological polar surface area (TPSA) is 44.1 Å². The molecule has 0 bridgehead atoms. The Labute approximate surface area is 86.7 Å². The Kier molecular flexibility index (Phi) is 2.78. The average molecular weight is 202 g/mol. The number of benzene rings is 1. The zero-order valence-electron chi connectivity index (χ0n) is 8.04. The second-order valence-electron chi connectivity index (χ2n) is 3.00. The zero-order chi connectivity index (χ0) is 10.5. The third kappa shape index (κ3) is 2.43. The van der Waals surface area contributed by atoms with Crippen LogP contribution in [0.1, 0.15) is 5.56 Å². The lowest BCUT2D eigenvalue weighted by Gasteiger charge is -2.06. The first kappa shape index (κ1) is 9.45. The van der Waals surface area contributed by atoms with Crippen LogP contribution in [0, 0.1) is 0 Å². The Bertz CT molecular complexity index is 479. The van der Waals surface area contributed by atoms with Gasteiger partial charge < -0.3 is 4.84 Å². The molecule has 1 aromatic carbocycles. The fourth-order valence-corrected chi connectivity index (χ4v) is 1.15. The van der Waals surface area contributed by atoms with E-state index in [1.807, 2.05) is 30.3 Å². The van der Waals surface area contributed by atoms with E-state index in [-0.39, 0.29) is 5.56 Å². The van der Waals surface area contributed by atoms with E-state index in [9.17, 15) is 4.79 Å². The normalized spacial score (nSPS) is 9.87. The predicted molar refractivity (Wildman–Crippen MR) is 55.2 cm³/mol. The molecule has 76 valence electrons. The van der Waals surface area contributed by atoms with Crippen LogP contribution in [0.5, 0.6) is 0 Å². The van der Waals surface area contributed by atoms with Crippen molar-refractivity contribution in [1.82, 2.24) is 9.71 Å². The Hall–Kier alpha value is -2.10. The van der Waals surface area contributed by atoms with Gasteiger partial charge in [0.25, 0.3) is 5.56 Å². The van der Waals surface area contributed by atoms with Crippen molar-refractivity contribution in [3.8, 4) is 0 Å². The summed E-state index contributed by atoms with van der Waals surface area (Å²) in [5.74, 6) is 0. The molecule has 4 nitrogen and oxygen atoms in total. The summed E-state index contributed by atoms with van der Waals surface area (Å²) < 4.78 is 1.12. The van der Waals surface area contributed by atoms with Gasteiger partial charge in [-0.25, -0.2) is 4.98 Å². The van der Waals surface area contributed by atoms with Crippen molar-refractivity contribution < 1.29 is 4.84 Å². The fraction of sp³-hybridized carbons (Fsp3) is 0.0909. The van der Waals surface area contributed by atoms with Gasteiger partial charge in [0.05, 0.1) is 0 Å². The molecule has 2 aromatic rings. The number of hydrogen-bond acceptors (Lipinski definition) is 3. The lowest BCUT2D eigenvalue weighted by atomic mass is 10.2. The third-order valence-electron chi connectivity index (χ3n) is 1.91. The molecule has 0 N–H and O–H groups in total. The quantitative estimate of drug-likeness (QED) is 0.741. The molecule has 0 fully saturated rings. The monoisotopic (exact) mass is 202 g/mol. The Morgan fingerprint density at radius 3 is 2.73 bits per heavy atom. The van der Waals surface area contributed by atoms with Crippen LogP contribution in [0.2, 0.25) is 0 Å². The molecule has 0 atom stereocenters. The molecular formula is C11H10N2O2. The van der Waals surface area contributed by atoms with Crippen LogP contribution in [0.3, 0.4) is 0 Å². The second-order valence-corrected chi connectivity index (χ2v) is 3.00. The van der Waals surface area contributed by atoms with Gasteiger partial charge in [0, 0.05) is 12.3 Å². The van der Waals surface area contributed by atoms with Gasteiger partial charge in [0.1, 0.15) is 12.9 Å². The van der Waals surface area contributed by atoms with Gasteiger partial charge in [0.2, 0.25) is 0 Å². The van der Waals surface area contributed by atoms with Crippen molar-refractivity contribution in [3.63, 3.8) is 0 Å². The highest BCUT2D eigenvalue weighted by atomic mass is 16.7. The summed E-state index contributed by atoms with van der Waals surface area (Å²) >= 11 is 0. The van der Waals surface area contributed by atoms with E-state index in [1.165, 1.54) is 18.6 Å². The number of rotatable bonds is 3.